The van der Waals surface area contributed by atoms with Crippen LogP contribution in [0, 0.1) is 11.7 Å². The highest BCUT2D eigenvalue weighted by Crippen LogP contribution is 2.34. The highest BCUT2D eigenvalue weighted by molar-refractivity contribution is 6.31. The third kappa shape index (κ3) is 3.29. The lowest BCUT2D eigenvalue weighted by atomic mass is 9.88. The Morgan fingerprint density at radius 2 is 2.10 bits per heavy atom. The molecule has 3 rings (SSSR count). The van der Waals surface area contributed by atoms with Gasteiger partial charge in [-0.1, -0.05) is 24.1 Å². The summed E-state index contributed by atoms with van der Waals surface area (Å²) in [5, 5.41) is 0.483. The van der Waals surface area contributed by atoms with Crippen molar-refractivity contribution >= 4 is 17.4 Å². The van der Waals surface area contributed by atoms with Gasteiger partial charge in [-0.25, -0.2) is 4.39 Å². The third-order valence-electron chi connectivity index (χ3n) is 4.87. The van der Waals surface area contributed by atoms with Crippen molar-refractivity contribution in [2.45, 2.75) is 51.1 Å². The standard InChI is InChI=1S/C17H21ClFNO/c18-15-10-13(19)8-7-12(15)11-20-9-2-1-5-16(20)14-4-3-6-17(14)21/h7-8,10,14,16H,1-6,9,11H2. The Hall–Kier alpha value is -0.930. The Balaban J connectivity index is 1.76. The van der Waals surface area contributed by atoms with Gasteiger partial charge in [-0.3, -0.25) is 9.69 Å². The molecule has 0 bridgehead atoms. The first-order valence-corrected chi connectivity index (χ1v) is 8.23. The maximum atomic E-state index is 13.2. The Morgan fingerprint density at radius 3 is 2.81 bits per heavy atom. The molecule has 1 aliphatic carbocycles. The molecular weight excluding hydrogens is 289 g/mol. The number of Topliss-reactive ketones (excluding diaryl/α,β-unsaturated/α-hetero) is 1. The Morgan fingerprint density at radius 1 is 1.24 bits per heavy atom. The van der Waals surface area contributed by atoms with Crippen molar-refractivity contribution in [1.82, 2.24) is 4.90 Å². The van der Waals surface area contributed by atoms with Crippen LogP contribution in [0.1, 0.15) is 44.1 Å². The van der Waals surface area contributed by atoms with Crippen molar-refractivity contribution in [3.8, 4) is 0 Å². The van der Waals surface area contributed by atoms with E-state index in [9.17, 15) is 9.18 Å². The Kier molecular flexibility index (Phi) is 4.60. The molecule has 1 heterocycles. The Labute approximate surface area is 130 Å². The van der Waals surface area contributed by atoms with E-state index in [2.05, 4.69) is 4.90 Å². The van der Waals surface area contributed by atoms with Gasteiger partial charge in [0.05, 0.1) is 0 Å². The van der Waals surface area contributed by atoms with Gasteiger partial charge in [0.2, 0.25) is 0 Å². The number of benzene rings is 1. The van der Waals surface area contributed by atoms with E-state index in [1.54, 1.807) is 6.07 Å². The minimum atomic E-state index is -0.301. The predicted molar refractivity (Wildman–Crippen MR) is 81.8 cm³/mol. The minimum Gasteiger partial charge on any atom is -0.299 e. The average Bonchev–Trinajstić information content (AvgIpc) is 2.89. The largest absolute Gasteiger partial charge is 0.299 e. The van der Waals surface area contributed by atoms with E-state index in [4.69, 9.17) is 11.6 Å². The van der Waals surface area contributed by atoms with E-state index < -0.39 is 0 Å². The number of ketones is 1. The van der Waals surface area contributed by atoms with Crippen LogP contribution in [0.2, 0.25) is 5.02 Å². The summed E-state index contributed by atoms with van der Waals surface area (Å²) in [6.07, 6.45) is 6.25. The molecule has 114 valence electrons. The van der Waals surface area contributed by atoms with Gasteiger partial charge in [0.1, 0.15) is 11.6 Å². The topological polar surface area (TPSA) is 20.3 Å². The van der Waals surface area contributed by atoms with Gasteiger partial charge in [0, 0.05) is 29.9 Å². The van der Waals surface area contributed by atoms with Crippen LogP contribution in [0.5, 0.6) is 0 Å². The van der Waals surface area contributed by atoms with Crippen LogP contribution in [-0.4, -0.2) is 23.3 Å². The van der Waals surface area contributed by atoms with Crippen molar-refractivity contribution in [2.24, 2.45) is 5.92 Å². The number of piperidine rings is 1. The van der Waals surface area contributed by atoms with E-state index in [0.717, 1.165) is 44.2 Å². The summed E-state index contributed by atoms with van der Waals surface area (Å²) in [6, 6.07) is 4.94. The molecule has 0 spiro atoms. The van der Waals surface area contributed by atoms with E-state index in [-0.39, 0.29) is 11.7 Å². The molecule has 21 heavy (non-hydrogen) atoms. The molecule has 0 N–H and O–H groups in total. The van der Waals surface area contributed by atoms with E-state index >= 15 is 0 Å². The van der Waals surface area contributed by atoms with Crippen LogP contribution in [0.4, 0.5) is 4.39 Å². The second-order valence-corrected chi connectivity index (χ2v) is 6.64. The van der Waals surface area contributed by atoms with E-state index in [1.165, 1.54) is 18.6 Å². The molecule has 1 saturated heterocycles. The van der Waals surface area contributed by atoms with Crippen molar-refractivity contribution in [3.05, 3.63) is 34.6 Å². The summed E-state index contributed by atoms with van der Waals surface area (Å²) in [5.41, 5.74) is 0.954. The molecule has 0 amide bonds. The smallest absolute Gasteiger partial charge is 0.137 e. The molecule has 2 unspecified atom stereocenters. The molecule has 2 fully saturated rings. The summed E-state index contributed by atoms with van der Waals surface area (Å²) in [5.74, 6) is 0.326. The maximum Gasteiger partial charge on any atom is 0.137 e. The van der Waals surface area contributed by atoms with Crippen molar-refractivity contribution in [1.29, 1.82) is 0 Å². The Bertz CT molecular complexity index is 534. The first-order chi connectivity index (χ1) is 10.1. The van der Waals surface area contributed by atoms with Crippen molar-refractivity contribution in [2.75, 3.05) is 6.54 Å². The SMILES string of the molecule is O=C1CCCC1C1CCCCN1Cc1ccc(F)cc1Cl. The van der Waals surface area contributed by atoms with Crippen LogP contribution >= 0.6 is 11.6 Å². The normalized spacial score (nSPS) is 27.2. The lowest BCUT2D eigenvalue weighted by Gasteiger charge is -2.39. The van der Waals surface area contributed by atoms with Gasteiger partial charge in [-0.05, 0) is 49.9 Å². The van der Waals surface area contributed by atoms with E-state index in [1.807, 2.05) is 0 Å². The van der Waals surface area contributed by atoms with Gasteiger partial charge in [0.25, 0.3) is 0 Å². The molecular formula is C17H21ClFNO. The highest BCUT2D eigenvalue weighted by Gasteiger charge is 2.36. The second kappa shape index (κ2) is 6.45. The number of nitrogens with zero attached hydrogens (tertiary/aromatic N) is 1. The van der Waals surface area contributed by atoms with Crippen LogP contribution in [0.3, 0.4) is 0 Å². The monoisotopic (exact) mass is 309 g/mol. The zero-order chi connectivity index (χ0) is 14.8. The van der Waals surface area contributed by atoms with E-state index in [0.29, 0.717) is 23.4 Å². The van der Waals surface area contributed by atoms with Gasteiger partial charge in [0.15, 0.2) is 0 Å². The fraction of sp³-hybridized carbons (Fsp3) is 0.588. The molecule has 4 heteroatoms. The lowest BCUT2D eigenvalue weighted by Crippen LogP contribution is -2.44. The summed E-state index contributed by atoms with van der Waals surface area (Å²) >= 11 is 6.15. The molecule has 0 radical (unpaired) electrons. The first kappa shape index (κ1) is 15.0. The molecule has 1 saturated carbocycles. The van der Waals surface area contributed by atoms with Gasteiger partial charge < -0.3 is 0 Å². The zero-order valence-electron chi connectivity index (χ0n) is 12.2. The lowest BCUT2D eigenvalue weighted by molar-refractivity contribution is -0.123. The highest BCUT2D eigenvalue weighted by atomic mass is 35.5. The van der Waals surface area contributed by atoms with Crippen LogP contribution in [0.15, 0.2) is 18.2 Å². The second-order valence-electron chi connectivity index (χ2n) is 6.23. The first-order valence-electron chi connectivity index (χ1n) is 7.86. The maximum absolute atomic E-state index is 13.2. The van der Waals surface area contributed by atoms with Crippen LogP contribution < -0.4 is 0 Å². The molecule has 2 atom stereocenters. The summed E-state index contributed by atoms with van der Waals surface area (Å²) < 4.78 is 13.2. The van der Waals surface area contributed by atoms with Gasteiger partial charge in [-0.2, -0.15) is 0 Å². The molecule has 1 aliphatic heterocycles. The summed E-state index contributed by atoms with van der Waals surface area (Å²) in [6.45, 7) is 1.72. The molecule has 0 aromatic heterocycles. The number of hydrogen-bond acceptors (Lipinski definition) is 2. The molecule has 2 aliphatic rings. The molecule has 2 nitrogen and oxygen atoms in total. The van der Waals surface area contributed by atoms with Crippen LogP contribution in [0.25, 0.3) is 0 Å². The summed E-state index contributed by atoms with van der Waals surface area (Å²) in [4.78, 5) is 14.5. The van der Waals surface area contributed by atoms with Crippen LogP contribution in [-0.2, 0) is 11.3 Å². The van der Waals surface area contributed by atoms with Gasteiger partial charge >= 0.3 is 0 Å². The number of carbonyl (C=O) groups is 1. The number of rotatable bonds is 3. The quantitative estimate of drug-likeness (QED) is 0.834. The number of halogens is 2. The van der Waals surface area contributed by atoms with Crippen molar-refractivity contribution < 1.29 is 9.18 Å². The third-order valence-corrected chi connectivity index (χ3v) is 5.22. The zero-order valence-corrected chi connectivity index (χ0v) is 12.9. The average molecular weight is 310 g/mol. The molecule has 1 aromatic carbocycles. The number of carbonyl (C=O) groups excluding carboxylic acids is 1. The van der Waals surface area contributed by atoms with Crippen molar-refractivity contribution in [3.63, 3.8) is 0 Å². The molecule has 1 aromatic rings. The fourth-order valence-electron chi connectivity index (χ4n) is 3.79. The van der Waals surface area contributed by atoms with Gasteiger partial charge in [-0.15, -0.1) is 0 Å². The minimum absolute atomic E-state index is 0.199. The number of hydrogen-bond donors (Lipinski definition) is 0. The number of likely N-dealkylation sites (tertiary alicyclic amines) is 1. The fourth-order valence-corrected chi connectivity index (χ4v) is 4.01. The summed E-state index contributed by atoms with van der Waals surface area (Å²) in [7, 11) is 0. The predicted octanol–water partition coefficient (Wildman–Crippen LogP) is 4.20.